The van der Waals surface area contributed by atoms with E-state index in [2.05, 4.69) is 34.7 Å². The Morgan fingerprint density at radius 2 is 1.63 bits per heavy atom. The summed E-state index contributed by atoms with van der Waals surface area (Å²) in [5.41, 5.74) is 2.42. The van der Waals surface area contributed by atoms with Gasteiger partial charge in [-0.15, -0.1) is 24.0 Å². The molecule has 0 atom stereocenters. The Morgan fingerprint density at radius 3 is 2.33 bits per heavy atom. The lowest BCUT2D eigenvalue weighted by molar-refractivity contribution is 0.121. The highest BCUT2D eigenvalue weighted by molar-refractivity contribution is 14.0. The molecule has 0 bridgehead atoms. The molecule has 2 aromatic carbocycles. The topological polar surface area (TPSA) is 54.9 Å². The summed E-state index contributed by atoms with van der Waals surface area (Å²) >= 11 is 0. The highest BCUT2D eigenvalue weighted by Gasteiger charge is 2.04. The third-order valence-corrected chi connectivity index (χ3v) is 3.80. The maximum atomic E-state index is 5.68. The normalized spacial score (nSPS) is 10.8. The van der Waals surface area contributed by atoms with Crippen molar-refractivity contribution in [2.75, 3.05) is 26.8 Å². The zero-order valence-electron chi connectivity index (χ0n) is 16.1. The van der Waals surface area contributed by atoms with Crippen LogP contribution >= 0.6 is 24.0 Å². The van der Waals surface area contributed by atoms with Crippen LogP contribution in [0.1, 0.15) is 24.5 Å². The lowest BCUT2D eigenvalue weighted by atomic mass is 10.1. The minimum Gasteiger partial charge on any atom is -0.492 e. The van der Waals surface area contributed by atoms with E-state index in [1.807, 2.05) is 42.5 Å². The van der Waals surface area contributed by atoms with Crippen molar-refractivity contribution in [3.8, 4) is 5.75 Å². The third-order valence-electron chi connectivity index (χ3n) is 3.80. The zero-order chi connectivity index (χ0) is 18.5. The summed E-state index contributed by atoms with van der Waals surface area (Å²) in [4.78, 5) is 4.26. The van der Waals surface area contributed by atoms with Gasteiger partial charge in [-0.3, -0.25) is 4.99 Å². The molecule has 2 rings (SSSR count). The molecular formula is C21H30IN3O2. The fraction of sp³-hybridized carbons (Fsp3) is 0.381. The smallest absolute Gasteiger partial charge is 0.191 e. The number of para-hydroxylation sites is 1. The van der Waals surface area contributed by atoms with E-state index in [9.17, 15) is 0 Å². The number of guanidine groups is 1. The summed E-state index contributed by atoms with van der Waals surface area (Å²) in [5, 5.41) is 6.61. The molecule has 5 nitrogen and oxygen atoms in total. The first-order valence-electron chi connectivity index (χ1n) is 9.10. The van der Waals surface area contributed by atoms with Gasteiger partial charge in [-0.1, -0.05) is 49.4 Å². The van der Waals surface area contributed by atoms with Crippen LogP contribution in [-0.2, 0) is 17.9 Å². The number of hydrogen-bond acceptors (Lipinski definition) is 3. The summed E-state index contributed by atoms with van der Waals surface area (Å²) < 4.78 is 11.3. The number of nitrogens with one attached hydrogen (secondary N) is 2. The molecule has 0 aliphatic heterocycles. The molecule has 2 N–H and O–H groups in total. The first-order chi connectivity index (χ1) is 12.8. The van der Waals surface area contributed by atoms with Gasteiger partial charge in [-0.25, -0.2) is 0 Å². The van der Waals surface area contributed by atoms with Gasteiger partial charge in [-0.05, 0) is 29.7 Å². The van der Waals surface area contributed by atoms with E-state index in [0.717, 1.165) is 24.7 Å². The van der Waals surface area contributed by atoms with E-state index in [0.29, 0.717) is 26.3 Å². The van der Waals surface area contributed by atoms with Crippen LogP contribution in [-0.4, -0.2) is 32.8 Å². The molecule has 0 aliphatic rings. The number of aliphatic imine (C=N–C) groups is 1. The largest absolute Gasteiger partial charge is 0.492 e. The molecule has 0 saturated heterocycles. The summed E-state index contributed by atoms with van der Waals surface area (Å²) in [5.74, 6) is 1.63. The molecule has 148 valence electrons. The van der Waals surface area contributed by atoms with Crippen molar-refractivity contribution in [2.24, 2.45) is 4.99 Å². The van der Waals surface area contributed by atoms with Crippen molar-refractivity contribution < 1.29 is 9.47 Å². The maximum Gasteiger partial charge on any atom is 0.191 e. The molecule has 0 amide bonds. The first-order valence-corrected chi connectivity index (χ1v) is 9.10. The van der Waals surface area contributed by atoms with E-state index >= 15 is 0 Å². The van der Waals surface area contributed by atoms with E-state index in [1.165, 1.54) is 11.1 Å². The fourth-order valence-electron chi connectivity index (χ4n) is 2.45. The predicted octanol–water partition coefficient (Wildman–Crippen LogP) is 3.98. The number of halogens is 1. The van der Waals surface area contributed by atoms with Crippen molar-refractivity contribution in [3.63, 3.8) is 0 Å². The van der Waals surface area contributed by atoms with Crippen LogP contribution in [0.3, 0.4) is 0 Å². The lowest BCUT2D eigenvalue weighted by Crippen LogP contribution is -2.39. The van der Waals surface area contributed by atoms with Crippen LogP contribution < -0.4 is 15.4 Å². The molecule has 0 fully saturated rings. The first kappa shape index (κ1) is 23.2. The standard InChI is InChI=1S/C21H29N3O2.HI/c1-3-14-25-17-19-10-8-7-9-18(19)16-24-21(22-2)23-13-15-26-20-11-5-4-6-12-20;/h4-12H,3,13-17H2,1-2H3,(H2,22,23,24);1H. The monoisotopic (exact) mass is 483 g/mol. The number of nitrogens with zero attached hydrogens (tertiary/aromatic N) is 1. The molecule has 27 heavy (non-hydrogen) atoms. The average molecular weight is 483 g/mol. The maximum absolute atomic E-state index is 5.68. The second kappa shape index (κ2) is 14.3. The van der Waals surface area contributed by atoms with Crippen LogP contribution in [0.25, 0.3) is 0 Å². The summed E-state index contributed by atoms with van der Waals surface area (Å²) in [6.45, 7) is 5.49. The Labute approximate surface area is 179 Å². The van der Waals surface area contributed by atoms with E-state index in [-0.39, 0.29) is 24.0 Å². The van der Waals surface area contributed by atoms with Gasteiger partial charge in [0.25, 0.3) is 0 Å². The SMILES string of the molecule is CCCOCc1ccccc1CNC(=NC)NCCOc1ccccc1.I. The van der Waals surface area contributed by atoms with Crippen LogP contribution in [0.2, 0.25) is 0 Å². The Bertz CT molecular complexity index is 665. The lowest BCUT2D eigenvalue weighted by Gasteiger charge is -2.14. The molecule has 0 radical (unpaired) electrons. The Balaban J connectivity index is 0.00000364. The van der Waals surface area contributed by atoms with Crippen molar-refractivity contribution in [2.45, 2.75) is 26.5 Å². The van der Waals surface area contributed by atoms with E-state index in [4.69, 9.17) is 9.47 Å². The quantitative estimate of drug-likeness (QED) is 0.233. The number of hydrogen-bond donors (Lipinski definition) is 2. The highest BCUT2D eigenvalue weighted by Crippen LogP contribution is 2.10. The van der Waals surface area contributed by atoms with E-state index < -0.39 is 0 Å². The van der Waals surface area contributed by atoms with Crippen LogP contribution in [0, 0.1) is 0 Å². The minimum absolute atomic E-state index is 0. The summed E-state index contributed by atoms with van der Waals surface area (Å²) in [7, 11) is 1.77. The number of rotatable bonds is 10. The molecule has 0 aromatic heterocycles. The number of ether oxygens (including phenoxy) is 2. The predicted molar refractivity (Wildman–Crippen MR) is 122 cm³/mol. The molecule has 0 unspecified atom stereocenters. The van der Waals surface area contributed by atoms with Gasteiger partial charge >= 0.3 is 0 Å². The van der Waals surface area contributed by atoms with Gasteiger partial charge in [-0.2, -0.15) is 0 Å². The van der Waals surface area contributed by atoms with Gasteiger partial charge in [0.1, 0.15) is 12.4 Å². The molecule has 2 aromatic rings. The minimum atomic E-state index is 0. The van der Waals surface area contributed by atoms with Crippen molar-refractivity contribution in [1.82, 2.24) is 10.6 Å². The Kier molecular flexibility index (Phi) is 12.3. The van der Waals surface area contributed by atoms with Crippen molar-refractivity contribution in [3.05, 3.63) is 65.7 Å². The molecule has 0 saturated carbocycles. The molecule has 0 heterocycles. The molecule has 0 spiro atoms. The van der Waals surface area contributed by atoms with E-state index in [1.54, 1.807) is 7.05 Å². The van der Waals surface area contributed by atoms with Gasteiger partial charge in [0.2, 0.25) is 0 Å². The third kappa shape index (κ3) is 9.10. The van der Waals surface area contributed by atoms with Gasteiger partial charge in [0.05, 0.1) is 13.2 Å². The average Bonchev–Trinajstić information content (AvgIpc) is 2.69. The molecule has 6 heteroatoms. The second-order valence-corrected chi connectivity index (χ2v) is 5.84. The summed E-state index contributed by atoms with van der Waals surface area (Å²) in [6, 6.07) is 18.1. The summed E-state index contributed by atoms with van der Waals surface area (Å²) in [6.07, 6.45) is 1.03. The van der Waals surface area contributed by atoms with Gasteiger partial charge in [0.15, 0.2) is 5.96 Å². The highest BCUT2D eigenvalue weighted by atomic mass is 127. The molecule has 0 aliphatic carbocycles. The van der Waals surface area contributed by atoms with Crippen LogP contribution in [0.5, 0.6) is 5.75 Å². The Morgan fingerprint density at radius 1 is 0.926 bits per heavy atom. The van der Waals surface area contributed by atoms with Gasteiger partial charge < -0.3 is 20.1 Å². The number of benzene rings is 2. The van der Waals surface area contributed by atoms with Crippen LogP contribution in [0.15, 0.2) is 59.6 Å². The second-order valence-electron chi connectivity index (χ2n) is 5.84. The van der Waals surface area contributed by atoms with Crippen LogP contribution in [0.4, 0.5) is 0 Å². The fourth-order valence-corrected chi connectivity index (χ4v) is 2.45. The zero-order valence-corrected chi connectivity index (χ0v) is 18.4. The Hall–Kier alpha value is -1.80. The van der Waals surface area contributed by atoms with Crippen molar-refractivity contribution >= 4 is 29.9 Å². The van der Waals surface area contributed by atoms with Crippen molar-refractivity contribution in [1.29, 1.82) is 0 Å². The van der Waals surface area contributed by atoms with Gasteiger partial charge in [0, 0.05) is 20.2 Å². The molecular weight excluding hydrogens is 453 g/mol.